The standard InChI is InChI=1S/C24H20O2/c1-26-23-17-15-22(16-18-23)24(25)10-6-5-7-19-11-13-21(14-12-19)20-8-3-2-4-9-20/h2-18H,1H3. The lowest BCUT2D eigenvalue weighted by Crippen LogP contribution is -1.93. The minimum atomic E-state index is -0.0308. The number of allylic oxidation sites excluding steroid dienone is 3. The Morgan fingerprint density at radius 2 is 1.42 bits per heavy atom. The number of methoxy groups -OCH3 is 1. The van der Waals surface area contributed by atoms with Crippen LogP contribution in [0.25, 0.3) is 17.2 Å². The molecule has 0 amide bonds. The highest BCUT2D eigenvalue weighted by molar-refractivity contribution is 6.04. The molecular formula is C24H20O2. The first-order valence-electron chi connectivity index (χ1n) is 8.45. The van der Waals surface area contributed by atoms with E-state index in [9.17, 15) is 4.79 Å². The third kappa shape index (κ3) is 4.58. The zero-order valence-electron chi connectivity index (χ0n) is 14.6. The molecule has 0 aliphatic heterocycles. The van der Waals surface area contributed by atoms with Crippen LogP contribution in [0.4, 0.5) is 0 Å². The molecule has 0 saturated carbocycles. The Hall–Kier alpha value is -3.39. The largest absolute Gasteiger partial charge is 0.497 e. The highest BCUT2D eigenvalue weighted by Crippen LogP contribution is 2.19. The fourth-order valence-corrected chi connectivity index (χ4v) is 2.58. The molecule has 128 valence electrons. The van der Waals surface area contributed by atoms with Crippen molar-refractivity contribution < 1.29 is 9.53 Å². The number of carbonyl (C=O) groups excluding carboxylic acids is 1. The smallest absolute Gasteiger partial charge is 0.185 e. The molecule has 0 radical (unpaired) electrons. The lowest BCUT2D eigenvalue weighted by atomic mass is 10.0. The van der Waals surface area contributed by atoms with Crippen molar-refractivity contribution >= 4 is 11.9 Å². The van der Waals surface area contributed by atoms with Crippen LogP contribution in [0, 0.1) is 0 Å². The summed E-state index contributed by atoms with van der Waals surface area (Å²) in [5, 5.41) is 0. The average Bonchev–Trinajstić information content (AvgIpc) is 2.72. The Morgan fingerprint density at radius 1 is 0.769 bits per heavy atom. The molecule has 2 nitrogen and oxygen atoms in total. The zero-order chi connectivity index (χ0) is 18.2. The van der Waals surface area contributed by atoms with Gasteiger partial charge in [-0.25, -0.2) is 0 Å². The SMILES string of the molecule is COc1ccc(C(=O)C=CC=Cc2ccc(-c3ccccc3)cc2)cc1. The quantitative estimate of drug-likeness (QED) is 0.321. The molecule has 0 fully saturated rings. The molecule has 0 bridgehead atoms. The van der Waals surface area contributed by atoms with Gasteiger partial charge in [0.15, 0.2) is 5.78 Å². The number of ether oxygens (including phenoxy) is 1. The van der Waals surface area contributed by atoms with Gasteiger partial charge < -0.3 is 4.74 Å². The van der Waals surface area contributed by atoms with Gasteiger partial charge in [-0.05, 0) is 47.0 Å². The molecule has 3 aromatic carbocycles. The number of rotatable bonds is 6. The van der Waals surface area contributed by atoms with Gasteiger partial charge >= 0.3 is 0 Å². The summed E-state index contributed by atoms with van der Waals surface area (Å²) in [5.74, 6) is 0.709. The predicted molar refractivity (Wildman–Crippen MR) is 107 cm³/mol. The summed E-state index contributed by atoms with van der Waals surface area (Å²) in [7, 11) is 1.61. The van der Waals surface area contributed by atoms with Gasteiger partial charge in [0, 0.05) is 5.56 Å². The third-order valence-corrected chi connectivity index (χ3v) is 4.04. The van der Waals surface area contributed by atoms with Crippen LogP contribution < -0.4 is 4.74 Å². The van der Waals surface area contributed by atoms with E-state index in [4.69, 9.17) is 4.74 Å². The first-order valence-corrected chi connectivity index (χ1v) is 8.45. The Bertz CT molecular complexity index is 903. The van der Waals surface area contributed by atoms with Crippen molar-refractivity contribution in [1.82, 2.24) is 0 Å². The van der Waals surface area contributed by atoms with E-state index < -0.39 is 0 Å². The average molecular weight is 340 g/mol. The van der Waals surface area contributed by atoms with Crippen LogP contribution in [0.3, 0.4) is 0 Å². The molecule has 0 N–H and O–H groups in total. The molecule has 0 spiro atoms. The number of hydrogen-bond acceptors (Lipinski definition) is 2. The first-order chi connectivity index (χ1) is 12.8. The summed E-state index contributed by atoms with van der Waals surface area (Å²) < 4.78 is 5.09. The fourth-order valence-electron chi connectivity index (χ4n) is 2.58. The van der Waals surface area contributed by atoms with E-state index in [1.807, 2.05) is 30.4 Å². The summed E-state index contributed by atoms with van der Waals surface area (Å²) >= 11 is 0. The normalized spacial score (nSPS) is 11.1. The zero-order valence-corrected chi connectivity index (χ0v) is 14.6. The number of benzene rings is 3. The Labute approximate surface area is 154 Å². The molecule has 3 rings (SSSR count). The lowest BCUT2D eigenvalue weighted by Gasteiger charge is -2.01. The second kappa shape index (κ2) is 8.63. The predicted octanol–water partition coefficient (Wildman–Crippen LogP) is 5.81. The van der Waals surface area contributed by atoms with Crippen molar-refractivity contribution in [3.63, 3.8) is 0 Å². The van der Waals surface area contributed by atoms with Crippen LogP contribution in [0.5, 0.6) is 5.75 Å². The van der Waals surface area contributed by atoms with Gasteiger partial charge in [-0.2, -0.15) is 0 Å². The summed E-state index contributed by atoms with van der Waals surface area (Å²) in [6.07, 6.45) is 7.18. The molecular weight excluding hydrogens is 320 g/mol. The van der Waals surface area contributed by atoms with Crippen LogP contribution in [0.1, 0.15) is 15.9 Å². The van der Waals surface area contributed by atoms with Crippen LogP contribution >= 0.6 is 0 Å². The van der Waals surface area contributed by atoms with Gasteiger partial charge in [-0.3, -0.25) is 4.79 Å². The van der Waals surface area contributed by atoms with E-state index in [0.717, 1.165) is 11.3 Å². The minimum absolute atomic E-state index is 0.0308. The van der Waals surface area contributed by atoms with E-state index in [1.165, 1.54) is 11.1 Å². The van der Waals surface area contributed by atoms with Gasteiger partial charge in [0.1, 0.15) is 5.75 Å². The maximum Gasteiger partial charge on any atom is 0.185 e. The van der Waals surface area contributed by atoms with Crippen molar-refractivity contribution in [2.24, 2.45) is 0 Å². The van der Waals surface area contributed by atoms with Crippen LogP contribution in [0.15, 0.2) is 97.1 Å². The number of carbonyl (C=O) groups is 1. The highest BCUT2D eigenvalue weighted by Gasteiger charge is 2.00. The van der Waals surface area contributed by atoms with Crippen LogP contribution in [-0.4, -0.2) is 12.9 Å². The van der Waals surface area contributed by atoms with Crippen molar-refractivity contribution in [1.29, 1.82) is 0 Å². The monoisotopic (exact) mass is 340 g/mol. The summed E-state index contributed by atoms with van der Waals surface area (Å²) in [5.41, 5.74) is 4.12. The first kappa shape index (κ1) is 17.4. The van der Waals surface area contributed by atoms with Gasteiger partial charge in [0.05, 0.1) is 7.11 Å². The molecule has 0 atom stereocenters. The maximum absolute atomic E-state index is 12.1. The topological polar surface area (TPSA) is 26.3 Å². The van der Waals surface area contributed by atoms with E-state index in [-0.39, 0.29) is 5.78 Å². The molecule has 0 aromatic heterocycles. The van der Waals surface area contributed by atoms with E-state index in [0.29, 0.717) is 5.56 Å². The Kier molecular flexibility index (Phi) is 5.79. The van der Waals surface area contributed by atoms with Crippen molar-refractivity contribution in [2.45, 2.75) is 0 Å². The molecule has 0 unspecified atom stereocenters. The molecule has 2 heteroatoms. The second-order valence-corrected chi connectivity index (χ2v) is 5.80. The van der Waals surface area contributed by atoms with Gasteiger partial charge in [-0.1, -0.05) is 72.8 Å². The summed E-state index contributed by atoms with van der Waals surface area (Å²) in [6.45, 7) is 0. The van der Waals surface area contributed by atoms with Crippen molar-refractivity contribution in [3.05, 3.63) is 108 Å². The van der Waals surface area contributed by atoms with Crippen molar-refractivity contribution in [3.8, 4) is 16.9 Å². The van der Waals surface area contributed by atoms with Gasteiger partial charge in [0.25, 0.3) is 0 Å². The Morgan fingerprint density at radius 3 is 2.08 bits per heavy atom. The van der Waals surface area contributed by atoms with Gasteiger partial charge in [-0.15, -0.1) is 0 Å². The fraction of sp³-hybridized carbons (Fsp3) is 0.0417. The van der Waals surface area contributed by atoms with E-state index >= 15 is 0 Å². The molecule has 0 saturated heterocycles. The molecule has 0 aliphatic carbocycles. The minimum Gasteiger partial charge on any atom is -0.497 e. The van der Waals surface area contributed by atoms with Crippen LogP contribution in [0.2, 0.25) is 0 Å². The maximum atomic E-state index is 12.1. The molecule has 0 heterocycles. The van der Waals surface area contributed by atoms with E-state index in [2.05, 4.69) is 36.4 Å². The third-order valence-electron chi connectivity index (χ3n) is 4.04. The van der Waals surface area contributed by atoms with E-state index in [1.54, 1.807) is 43.5 Å². The van der Waals surface area contributed by atoms with Gasteiger partial charge in [0.2, 0.25) is 0 Å². The molecule has 26 heavy (non-hydrogen) atoms. The Balaban J connectivity index is 1.60. The van der Waals surface area contributed by atoms with Crippen LogP contribution in [-0.2, 0) is 0 Å². The van der Waals surface area contributed by atoms with Crippen molar-refractivity contribution in [2.75, 3.05) is 7.11 Å². The molecule has 3 aromatic rings. The lowest BCUT2D eigenvalue weighted by molar-refractivity contribution is 0.104. The summed E-state index contributed by atoms with van der Waals surface area (Å²) in [6, 6.07) is 25.7. The highest BCUT2D eigenvalue weighted by atomic mass is 16.5. The molecule has 0 aliphatic rings. The second-order valence-electron chi connectivity index (χ2n) is 5.80. The number of hydrogen-bond donors (Lipinski definition) is 0. The number of ketones is 1. The summed E-state index contributed by atoms with van der Waals surface area (Å²) in [4.78, 5) is 12.1.